The first-order valence-corrected chi connectivity index (χ1v) is 19.1. The van der Waals surface area contributed by atoms with Crippen molar-refractivity contribution in [2.24, 2.45) is 29.4 Å². The second-order valence-electron chi connectivity index (χ2n) is 15.9. The van der Waals surface area contributed by atoms with E-state index in [9.17, 15) is 18.8 Å². The molecule has 6 rings (SSSR count). The maximum absolute atomic E-state index is 14.2. The van der Waals surface area contributed by atoms with Gasteiger partial charge in [-0.3, -0.25) is 14.5 Å². The van der Waals surface area contributed by atoms with E-state index in [1.54, 1.807) is 31.4 Å². The van der Waals surface area contributed by atoms with Crippen LogP contribution in [0.3, 0.4) is 0 Å². The van der Waals surface area contributed by atoms with Crippen molar-refractivity contribution in [1.29, 1.82) is 0 Å². The van der Waals surface area contributed by atoms with E-state index in [0.29, 0.717) is 55.0 Å². The van der Waals surface area contributed by atoms with E-state index in [1.165, 1.54) is 0 Å². The normalized spacial score (nSPS) is 29.2. The van der Waals surface area contributed by atoms with Crippen LogP contribution < -0.4 is 11.1 Å². The van der Waals surface area contributed by atoms with Gasteiger partial charge in [0.25, 0.3) is 0 Å². The van der Waals surface area contributed by atoms with E-state index in [2.05, 4.69) is 24.1 Å². The number of carbonyl (C=O) groups excluding carboxylic acids is 3. The monoisotopic (exact) mass is 712 g/mol. The van der Waals surface area contributed by atoms with Crippen molar-refractivity contribution in [1.82, 2.24) is 9.80 Å². The highest BCUT2D eigenvalue weighted by Crippen LogP contribution is 2.42. The molecule has 0 radical (unpaired) electrons. The summed E-state index contributed by atoms with van der Waals surface area (Å²) < 4.78 is 36.0. The molecule has 4 fully saturated rings. The Morgan fingerprint density at radius 2 is 1.80 bits per heavy atom. The Morgan fingerprint density at radius 3 is 2.51 bits per heavy atom. The fourth-order valence-corrected chi connectivity index (χ4v) is 9.07. The smallest absolute Gasteiger partial charge is 0.374 e. The van der Waals surface area contributed by atoms with Gasteiger partial charge in [0.2, 0.25) is 17.6 Å². The van der Waals surface area contributed by atoms with Crippen LogP contribution in [0.2, 0.25) is 0 Å². The minimum absolute atomic E-state index is 0.0257. The number of anilines is 1. The molecule has 2 saturated carbocycles. The standard InChI is InChI=1S/C39H57FN4O7/c1-39(2)24-43(18-20-50-39)16-4-19-49-38(47)34-22-28-21-29(11-14-33(28)51-34)42-36(45)35-31(25-9-12-30(48-3)13-10-25)15-17-44(35)37(46)27-7-5-26(6-8-27)32(41)23-40/h11,14,21-22,25-27,30-32,35H,4-10,12-13,15-20,23-24,41H2,1-3H3,(H,42,45)/t25?,26?,27?,30?,31-,32+,35-/m0/s1. The molecule has 2 amide bonds. The number of alkyl halides is 1. The second kappa shape index (κ2) is 16.7. The molecule has 3 heterocycles. The van der Waals surface area contributed by atoms with Gasteiger partial charge >= 0.3 is 5.97 Å². The summed E-state index contributed by atoms with van der Waals surface area (Å²) in [6.07, 6.45) is 8.35. The van der Waals surface area contributed by atoms with E-state index < -0.39 is 24.7 Å². The Balaban J connectivity index is 1.09. The number of fused-ring (bicyclic) bond motifs is 1. The van der Waals surface area contributed by atoms with Gasteiger partial charge in [-0.25, -0.2) is 9.18 Å². The van der Waals surface area contributed by atoms with Crippen LogP contribution in [0.5, 0.6) is 0 Å². The lowest BCUT2D eigenvalue weighted by molar-refractivity contribution is -0.142. The highest BCUT2D eigenvalue weighted by Gasteiger charge is 2.47. The molecule has 2 aromatic rings. The van der Waals surface area contributed by atoms with Crippen molar-refractivity contribution in [3.8, 4) is 0 Å². The van der Waals surface area contributed by atoms with Crippen LogP contribution in [0.15, 0.2) is 28.7 Å². The van der Waals surface area contributed by atoms with Crippen LogP contribution in [-0.4, -0.2) is 105 Å². The molecule has 11 nitrogen and oxygen atoms in total. The second-order valence-corrected chi connectivity index (χ2v) is 15.9. The summed E-state index contributed by atoms with van der Waals surface area (Å²) >= 11 is 0. The van der Waals surface area contributed by atoms with Crippen LogP contribution in [0.25, 0.3) is 11.0 Å². The summed E-state index contributed by atoms with van der Waals surface area (Å²) in [7, 11) is 1.75. The molecule has 3 atom stereocenters. The number of nitrogens with one attached hydrogen (secondary N) is 1. The maximum atomic E-state index is 14.2. The predicted molar refractivity (Wildman–Crippen MR) is 192 cm³/mol. The topological polar surface area (TPSA) is 137 Å². The third-order valence-corrected chi connectivity index (χ3v) is 11.9. The van der Waals surface area contributed by atoms with Gasteiger partial charge in [0.05, 0.1) is 24.9 Å². The predicted octanol–water partition coefficient (Wildman–Crippen LogP) is 5.55. The number of morpholine rings is 1. The molecule has 3 N–H and O–H groups in total. The molecule has 0 unspecified atom stereocenters. The molecule has 2 aliphatic heterocycles. The van der Waals surface area contributed by atoms with E-state index in [4.69, 9.17) is 24.4 Å². The summed E-state index contributed by atoms with van der Waals surface area (Å²) in [5.41, 5.74) is 6.90. The average Bonchev–Trinajstić information content (AvgIpc) is 3.77. The fraction of sp³-hybridized carbons (Fsp3) is 0.718. The molecule has 51 heavy (non-hydrogen) atoms. The van der Waals surface area contributed by atoms with Crippen LogP contribution in [0.4, 0.5) is 10.1 Å². The number of likely N-dealkylation sites (tertiary alicyclic amines) is 1. The van der Waals surface area contributed by atoms with E-state index in [0.717, 1.165) is 64.6 Å². The molecule has 282 valence electrons. The lowest BCUT2D eigenvalue weighted by Gasteiger charge is -2.38. The van der Waals surface area contributed by atoms with Crippen molar-refractivity contribution in [2.45, 2.75) is 102 Å². The highest BCUT2D eigenvalue weighted by atomic mass is 19.1. The van der Waals surface area contributed by atoms with Gasteiger partial charge < -0.3 is 34.6 Å². The number of nitrogens with two attached hydrogens (primary N) is 1. The Morgan fingerprint density at radius 1 is 1.04 bits per heavy atom. The number of furan rings is 1. The minimum Gasteiger partial charge on any atom is -0.460 e. The van der Waals surface area contributed by atoms with E-state index in [-0.39, 0.29) is 53.6 Å². The van der Waals surface area contributed by atoms with Crippen molar-refractivity contribution >= 4 is 34.4 Å². The van der Waals surface area contributed by atoms with Crippen molar-refractivity contribution < 1.29 is 37.4 Å². The fourth-order valence-electron chi connectivity index (χ4n) is 9.07. The first-order valence-electron chi connectivity index (χ1n) is 19.1. The Hall–Kier alpha value is -3.06. The molecular weight excluding hydrogens is 655 g/mol. The molecule has 2 aliphatic carbocycles. The third kappa shape index (κ3) is 9.12. The van der Waals surface area contributed by atoms with Gasteiger partial charge in [-0.05, 0) is 120 Å². The van der Waals surface area contributed by atoms with Crippen LogP contribution >= 0.6 is 0 Å². The number of hydrogen-bond acceptors (Lipinski definition) is 9. The summed E-state index contributed by atoms with van der Waals surface area (Å²) in [4.78, 5) is 45.2. The number of rotatable bonds is 12. The van der Waals surface area contributed by atoms with Crippen molar-refractivity contribution in [2.75, 3.05) is 58.5 Å². The maximum Gasteiger partial charge on any atom is 0.374 e. The zero-order valence-corrected chi connectivity index (χ0v) is 30.6. The largest absolute Gasteiger partial charge is 0.460 e. The Bertz CT molecular complexity index is 1500. The van der Waals surface area contributed by atoms with Gasteiger partial charge in [0.15, 0.2) is 0 Å². The number of esters is 1. The minimum atomic E-state index is -0.582. The average molecular weight is 713 g/mol. The molecule has 1 aromatic heterocycles. The number of carbonyl (C=O) groups is 3. The summed E-state index contributed by atoms with van der Waals surface area (Å²) in [6, 6.07) is 5.88. The first kappa shape index (κ1) is 37.7. The lowest BCUT2D eigenvalue weighted by atomic mass is 9.75. The zero-order valence-electron chi connectivity index (χ0n) is 30.6. The van der Waals surface area contributed by atoms with Gasteiger partial charge in [-0.1, -0.05) is 0 Å². The molecule has 4 aliphatic rings. The first-order chi connectivity index (χ1) is 24.5. The molecule has 12 heteroatoms. The summed E-state index contributed by atoms with van der Waals surface area (Å²) in [5.74, 6) is -0.289. The number of halogens is 1. The number of amides is 2. The van der Waals surface area contributed by atoms with Gasteiger partial charge in [-0.15, -0.1) is 0 Å². The lowest BCUT2D eigenvalue weighted by Crippen LogP contribution is -2.50. The molecule has 0 bridgehead atoms. The SMILES string of the molecule is COC1CCC([C@@H]2CCN(C(=O)C3CCC([C@H](N)CF)CC3)[C@@H]2C(=O)Nc2ccc3oc(C(=O)OCCCN4CCOC(C)(C)C4)cc3c2)CC1. The Labute approximate surface area is 301 Å². The zero-order chi connectivity index (χ0) is 36.1. The van der Waals surface area contributed by atoms with Gasteiger partial charge in [0.1, 0.15) is 18.3 Å². The molecule has 1 aromatic carbocycles. The summed E-state index contributed by atoms with van der Waals surface area (Å²) in [5, 5.41) is 3.79. The Kier molecular flexibility index (Phi) is 12.4. The number of benzene rings is 1. The van der Waals surface area contributed by atoms with Gasteiger partial charge in [-0.2, -0.15) is 0 Å². The third-order valence-electron chi connectivity index (χ3n) is 11.9. The molecular formula is C39H57FN4O7. The van der Waals surface area contributed by atoms with Crippen LogP contribution in [0.1, 0.15) is 88.6 Å². The van der Waals surface area contributed by atoms with Crippen LogP contribution in [0, 0.1) is 23.7 Å². The van der Waals surface area contributed by atoms with E-state index in [1.807, 2.05) is 4.90 Å². The highest BCUT2D eigenvalue weighted by molar-refractivity contribution is 6.00. The molecule has 0 spiro atoms. The number of ether oxygens (including phenoxy) is 3. The number of hydrogen-bond donors (Lipinski definition) is 2. The molecule has 2 saturated heterocycles. The number of nitrogens with zero attached hydrogens (tertiary/aromatic N) is 2. The van der Waals surface area contributed by atoms with E-state index >= 15 is 0 Å². The quantitative estimate of drug-likeness (QED) is 0.214. The van der Waals surface area contributed by atoms with Gasteiger partial charge in [0, 0.05) is 56.3 Å². The van der Waals surface area contributed by atoms with Crippen molar-refractivity contribution in [3.05, 3.63) is 30.0 Å². The van der Waals surface area contributed by atoms with Crippen LogP contribution in [-0.2, 0) is 23.8 Å². The number of methoxy groups -OCH3 is 1. The van der Waals surface area contributed by atoms with Crippen molar-refractivity contribution in [3.63, 3.8) is 0 Å². The summed E-state index contributed by atoms with van der Waals surface area (Å²) in [6.45, 7) is 7.67.